The number of aromatic nitrogens is 1. The molecule has 3 heteroatoms. The number of carbonyl (C=O) groups excluding carboxylic acids is 1. The molecule has 1 aromatic heterocycles. The quantitative estimate of drug-likeness (QED) is 0.738. The minimum atomic E-state index is -1.36. The van der Waals surface area contributed by atoms with Gasteiger partial charge in [0.2, 0.25) is 0 Å². The number of rotatable bonds is 5. The summed E-state index contributed by atoms with van der Waals surface area (Å²) in [7, 11) is 0. The fourth-order valence-corrected chi connectivity index (χ4v) is 1.72. The second-order valence-corrected chi connectivity index (χ2v) is 4.61. The summed E-state index contributed by atoms with van der Waals surface area (Å²) < 4.78 is 13.8. The van der Waals surface area contributed by atoms with Crippen molar-refractivity contribution in [1.29, 1.82) is 0 Å². The Bertz CT molecular complexity index is 464. The van der Waals surface area contributed by atoms with Gasteiger partial charge in [-0.15, -0.1) is 0 Å². The summed E-state index contributed by atoms with van der Waals surface area (Å²) in [5.74, 6) is -0.0309. The second kappa shape index (κ2) is 5.89. The summed E-state index contributed by atoms with van der Waals surface area (Å²) in [5.41, 5.74) is 0.745. The van der Waals surface area contributed by atoms with Gasteiger partial charge in [-0.2, -0.15) is 0 Å². The molecule has 98 valence electrons. The zero-order chi connectivity index (χ0) is 13.8. The van der Waals surface area contributed by atoms with Gasteiger partial charge in [0.05, 0.1) is 5.69 Å². The van der Waals surface area contributed by atoms with Crippen LogP contribution in [0.15, 0.2) is 18.3 Å². The topological polar surface area (TPSA) is 30.0 Å². The van der Waals surface area contributed by atoms with Crippen LogP contribution in [0.5, 0.6) is 0 Å². The number of ketones is 1. The average molecular weight is 249 g/mol. The molecule has 0 aliphatic heterocycles. The molecule has 0 spiro atoms. The molecule has 2 nitrogen and oxygen atoms in total. The number of allylic oxidation sites excluding steroid dienone is 1. The first kappa shape index (κ1) is 14.6. The molecule has 0 saturated carbocycles. The third-order valence-electron chi connectivity index (χ3n) is 3.08. The highest BCUT2D eigenvalue weighted by atomic mass is 19.1. The van der Waals surface area contributed by atoms with E-state index in [1.165, 1.54) is 19.9 Å². The molecule has 1 unspecified atom stereocenters. The Morgan fingerprint density at radius 1 is 1.50 bits per heavy atom. The fourth-order valence-electron chi connectivity index (χ4n) is 1.72. The van der Waals surface area contributed by atoms with Gasteiger partial charge in [-0.3, -0.25) is 9.78 Å². The van der Waals surface area contributed by atoms with Crippen LogP contribution < -0.4 is 0 Å². The molecule has 0 aromatic carbocycles. The maximum Gasteiger partial charge on any atom is 0.162 e. The molecular formula is C15H20FNO. The fraction of sp³-hybridized carbons (Fsp3) is 0.467. The molecule has 0 radical (unpaired) electrons. The lowest BCUT2D eigenvalue weighted by Gasteiger charge is -2.13. The Hall–Kier alpha value is -1.51. The Morgan fingerprint density at radius 3 is 2.67 bits per heavy atom. The number of alkyl halides is 1. The molecule has 0 N–H and O–H groups in total. The van der Waals surface area contributed by atoms with Crippen molar-refractivity contribution in [2.75, 3.05) is 0 Å². The summed E-state index contributed by atoms with van der Waals surface area (Å²) in [6, 6.07) is 1.84. The largest absolute Gasteiger partial charge is 0.294 e. The van der Waals surface area contributed by atoms with Crippen LogP contribution in [0.25, 0.3) is 6.08 Å². The minimum absolute atomic E-state index is 0.0309. The predicted octanol–water partition coefficient (Wildman–Crippen LogP) is 4.00. The van der Waals surface area contributed by atoms with Gasteiger partial charge in [-0.05, 0) is 50.5 Å². The van der Waals surface area contributed by atoms with Gasteiger partial charge in [0.25, 0.3) is 0 Å². The molecule has 18 heavy (non-hydrogen) atoms. The van der Waals surface area contributed by atoms with E-state index < -0.39 is 5.67 Å². The molecule has 0 bridgehead atoms. The number of pyridine rings is 1. The van der Waals surface area contributed by atoms with E-state index in [1.807, 2.05) is 13.0 Å². The number of Topliss-reactive ketones (excluding diaryl/α,β-unsaturated/α-hetero) is 1. The molecule has 1 atom stereocenters. The first-order valence-electron chi connectivity index (χ1n) is 6.28. The number of aryl methyl sites for hydroxylation is 1. The van der Waals surface area contributed by atoms with Crippen molar-refractivity contribution in [3.8, 4) is 0 Å². The number of hydrogen-bond acceptors (Lipinski definition) is 2. The molecule has 0 aliphatic carbocycles. The standard InChI is InChI=1S/C15H20FNO/c1-5-12-8-10-17-13(14(12)11(3)18)7-9-15(4,16)6-2/h7-10H,5-6H2,1-4H3/b9-7+. The third kappa shape index (κ3) is 3.49. The molecule has 1 aromatic rings. The van der Waals surface area contributed by atoms with Crippen LogP contribution in [-0.2, 0) is 6.42 Å². The number of carbonyl (C=O) groups is 1. The van der Waals surface area contributed by atoms with Gasteiger partial charge in [0, 0.05) is 11.8 Å². The van der Waals surface area contributed by atoms with Crippen molar-refractivity contribution >= 4 is 11.9 Å². The van der Waals surface area contributed by atoms with E-state index in [0.29, 0.717) is 17.7 Å². The highest BCUT2D eigenvalue weighted by molar-refractivity contribution is 5.98. The van der Waals surface area contributed by atoms with Crippen LogP contribution in [0, 0.1) is 0 Å². The SMILES string of the molecule is CCc1ccnc(/C=C/C(C)(F)CC)c1C(C)=O. The minimum Gasteiger partial charge on any atom is -0.294 e. The molecule has 0 saturated heterocycles. The van der Waals surface area contributed by atoms with Gasteiger partial charge in [0.1, 0.15) is 5.67 Å². The van der Waals surface area contributed by atoms with E-state index in [9.17, 15) is 9.18 Å². The van der Waals surface area contributed by atoms with E-state index in [2.05, 4.69) is 4.98 Å². The number of nitrogens with zero attached hydrogens (tertiary/aromatic N) is 1. The van der Waals surface area contributed by atoms with Crippen LogP contribution in [0.1, 0.15) is 55.7 Å². The van der Waals surface area contributed by atoms with Gasteiger partial charge in [0.15, 0.2) is 5.78 Å². The summed E-state index contributed by atoms with van der Waals surface area (Å²) in [6.45, 7) is 6.80. The summed E-state index contributed by atoms with van der Waals surface area (Å²) in [6.07, 6.45) is 5.90. The van der Waals surface area contributed by atoms with Gasteiger partial charge < -0.3 is 0 Å². The molecule has 0 fully saturated rings. The number of halogens is 1. The Morgan fingerprint density at radius 2 is 2.17 bits per heavy atom. The van der Waals surface area contributed by atoms with E-state index in [-0.39, 0.29) is 5.78 Å². The normalized spacial score (nSPS) is 14.7. The van der Waals surface area contributed by atoms with Gasteiger partial charge in [-0.1, -0.05) is 13.8 Å². The lowest BCUT2D eigenvalue weighted by Crippen LogP contribution is -2.12. The van der Waals surface area contributed by atoms with E-state index in [1.54, 1.807) is 19.2 Å². The van der Waals surface area contributed by atoms with Gasteiger partial charge >= 0.3 is 0 Å². The van der Waals surface area contributed by atoms with Crippen molar-refractivity contribution < 1.29 is 9.18 Å². The first-order valence-corrected chi connectivity index (χ1v) is 6.28. The lowest BCUT2D eigenvalue weighted by molar-refractivity contribution is 0.101. The molecule has 1 heterocycles. The van der Waals surface area contributed by atoms with Crippen LogP contribution in [0.3, 0.4) is 0 Å². The zero-order valence-corrected chi connectivity index (χ0v) is 11.5. The van der Waals surface area contributed by atoms with Crippen molar-refractivity contribution in [2.45, 2.75) is 46.2 Å². The van der Waals surface area contributed by atoms with E-state index in [0.717, 1.165) is 12.0 Å². The smallest absolute Gasteiger partial charge is 0.162 e. The van der Waals surface area contributed by atoms with Crippen LogP contribution in [0.4, 0.5) is 4.39 Å². The van der Waals surface area contributed by atoms with Crippen molar-refractivity contribution in [3.63, 3.8) is 0 Å². The van der Waals surface area contributed by atoms with Crippen molar-refractivity contribution in [1.82, 2.24) is 4.98 Å². The predicted molar refractivity (Wildman–Crippen MR) is 72.5 cm³/mol. The average Bonchev–Trinajstić information content (AvgIpc) is 2.35. The maximum atomic E-state index is 13.8. The van der Waals surface area contributed by atoms with Gasteiger partial charge in [-0.25, -0.2) is 4.39 Å². The summed E-state index contributed by atoms with van der Waals surface area (Å²) in [5, 5.41) is 0. The maximum absolute atomic E-state index is 13.8. The van der Waals surface area contributed by atoms with Crippen molar-refractivity contribution in [3.05, 3.63) is 35.2 Å². The Labute approximate surface area is 108 Å². The monoisotopic (exact) mass is 249 g/mol. The number of hydrogen-bond donors (Lipinski definition) is 0. The Kier molecular flexibility index (Phi) is 4.76. The van der Waals surface area contributed by atoms with E-state index in [4.69, 9.17) is 0 Å². The summed E-state index contributed by atoms with van der Waals surface area (Å²) in [4.78, 5) is 15.8. The van der Waals surface area contributed by atoms with Crippen LogP contribution in [-0.4, -0.2) is 16.4 Å². The van der Waals surface area contributed by atoms with Crippen LogP contribution in [0.2, 0.25) is 0 Å². The second-order valence-electron chi connectivity index (χ2n) is 4.61. The Balaban J connectivity index is 3.21. The molecule has 0 amide bonds. The van der Waals surface area contributed by atoms with Crippen LogP contribution >= 0.6 is 0 Å². The van der Waals surface area contributed by atoms with Crippen molar-refractivity contribution in [2.24, 2.45) is 0 Å². The molecule has 0 aliphatic rings. The molecule has 1 rings (SSSR count). The van der Waals surface area contributed by atoms with E-state index >= 15 is 0 Å². The summed E-state index contributed by atoms with van der Waals surface area (Å²) >= 11 is 0. The zero-order valence-electron chi connectivity index (χ0n) is 11.5. The third-order valence-corrected chi connectivity index (χ3v) is 3.08. The lowest BCUT2D eigenvalue weighted by atomic mass is 9.99. The highest BCUT2D eigenvalue weighted by Crippen LogP contribution is 2.20. The first-order chi connectivity index (χ1) is 8.41. The molecular weight excluding hydrogens is 229 g/mol. The highest BCUT2D eigenvalue weighted by Gasteiger charge is 2.17.